The number of nitrogens with two attached hydrogens (primary N) is 1. The van der Waals surface area contributed by atoms with E-state index in [1.165, 1.54) is 0 Å². The highest BCUT2D eigenvalue weighted by Gasteiger charge is 2.18. The van der Waals surface area contributed by atoms with Crippen molar-refractivity contribution in [3.05, 3.63) is 0 Å². The van der Waals surface area contributed by atoms with Gasteiger partial charge >= 0.3 is 0 Å². The molecule has 50 valence electrons. The van der Waals surface area contributed by atoms with E-state index in [0.29, 0.717) is 0 Å². The molecule has 5 heteroatoms. The summed E-state index contributed by atoms with van der Waals surface area (Å²) in [5.41, 5.74) is 3.05. The Morgan fingerprint density at radius 1 is 1.25 bits per heavy atom. The molecule has 0 aromatic heterocycles. The molecule has 0 aliphatic heterocycles. The summed E-state index contributed by atoms with van der Waals surface area (Å²) in [5, 5.41) is 7.67. The van der Waals surface area contributed by atoms with E-state index in [0.717, 1.165) is 0 Å². The number of aliphatic hydroxyl groups excluding tert-OH is 1. The van der Waals surface area contributed by atoms with Gasteiger partial charge in [-0.05, 0) is 0 Å². The van der Waals surface area contributed by atoms with Crippen molar-refractivity contribution in [2.75, 3.05) is 0 Å². The fourth-order valence-electron chi connectivity index (χ4n) is 0.152. The topological polar surface area (TPSA) is 46.2 Å². The van der Waals surface area contributed by atoms with Crippen molar-refractivity contribution in [1.29, 1.82) is 0 Å². The summed E-state index contributed by atoms with van der Waals surface area (Å²) >= 11 is 15.6. The lowest BCUT2D eigenvalue weighted by Gasteiger charge is -2.11. The van der Waals surface area contributed by atoms with Gasteiger partial charge in [-0.2, -0.15) is 0 Å². The van der Waals surface area contributed by atoms with E-state index < -0.39 is 16.4 Å². The lowest BCUT2D eigenvalue weighted by Crippen LogP contribution is -2.31. The van der Waals surface area contributed by atoms with E-state index in [4.69, 9.17) is 45.6 Å². The van der Waals surface area contributed by atoms with Gasteiger partial charge in [-0.25, -0.2) is 0 Å². The monoisotopic (exact) mass is 177 g/mol. The zero-order valence-electron chi connectivity index (χ0n) is 3.89. The van der Waals surface area contributed by atoms with Crippen molar-refractivity contribution in [2.45, 2.75) is 16.4 Å². The fourth-order valence-corrected chi connectivity index (χ4v) is 0.521. The Kier molecular flexibility index (Phi) is 4.12. The van der Waals surface area contributed by atoms with Gasteiger partial charge in [0.2, 0.25) is 0 Å². The Labute approximate surface area is 62.5 Å². The molecule has 0 radical (unpaired) electrons. The molecule has 0 bridgehead atoms. The SMILES string of the molecule is NC(Cl)C(Cl)C(O)Cl. The van der Waals surface area contributed by atoms with E-state index >= 15 is 0 Å². The summed E-state index contributed by atoms with van der Waals surface area (Å²) < 4.78 is 0. The van der Waals surface area contributed by atoms with Crippen molar-refractivity contribution in [1.82, 2.24) is 0 Å². The molecule has 0 saturated carbocycles. The predicted molar refractivity (Wildman–Crippen MR) is 35.3 cm³/mol. The third kappa shape index (κ3) is 2.95. The first kappa shape index (κ1) is 8.79. The predicted octanol–water partition coefficient (Wildman–Crippen LogP) is 0.675. The minimum absolute atomic E-state index is 0.793. The average molecular weight is 178 g/mol. The first-order valence-electron chi connectivity index (χ1n) is 1.91. The molecule has 3 unspecified atom stereocenters. The van der Waals surface area contributed by atoms with E-state index in [-0.39, 0.29) is 0 Å². The second-order valence-corrected chi connectivity index (χ2v) is 2.72. The lowest BCUT2D eigenvalue weighted by atomic mass is 10.4. The van der Waals surface area contributed by atoms with Crippen LogP contribution in [0.25, 0.3) is 0 Å². The van der Waals surface area contributed by atoms with Crippen LogP contribution in [0, 0.1) is 0 Å². The number of rotatable bonds is 2. The Bertz CT molecular complexity index is 59.5. The van der Waals surface area contributed by atoms with Crippen LogP contribution in [-0.2, 0) is 0 Å². The molecular formula is C3H6Cl3NO. The number of hydrogen-bond donors (Lipinski definition) is 2. The smallest absolute Gasteiger partial charge is 0.146 e. The number of alkyl halides is 3. The van der Waals surface area contributed by atoms with Gasteiger partial charge in [0, 0.05) is 0 Å². The van der Waals surface area contributed by atoms with Crippen LogP contribution >= 0.6 is 34.8 Å². The Balaban J connectivity index is 3.46. The van der Waals surface area contributed by atoms with Crippen LogP contribution in [0.2, 0.25) is 0 Å². The zero-order chi connectivity index (χ0) is 6.73. The average Bonchev–Trinajstić information content (AvgIpc) is 1.64. The molecule has 2 nitrogen and oxygen atoms in total. The summed E-state index contributed by atoms with van der Waals surface area (Å²) in [4.78, 5) is 0. The zero-order valence-corrected chi connectivity index (χ0v) is 6.16. The summed E-state index contributed by atoms with van der Waals surface area (Å²) in [6.07, 6.45) is 0. The van der Waals surface area contributed by atoms with Gasteiger partial charge in [0.1, 0.15) is 16.4 Å². The molecular weight excluding hydrogens is 172 g/mol. The molecule has 0 saturated heterocycles. The number of halogens is 3. The third-order valence-corrected chi connectivity index (χ3v) is 1.88. The van der Waals surface area contributed by atoms with Crippen LogP contribution < -0.4 is 5.73 Å². The quantitative estimate of drug-likeness (QED) is 0.482. The van der Waals surface area contributed by atoms with E-state index in [1.54, 1.807) is 0 Å². The highest BCUT2D eigenvalue weighted by atomic mass is 35.5. The summed E-state index contributed by atoms with van der Waals surface area (Å²) in [5.74, 6) is 0. The van der Waals surface area contributed by atoms with Crippen molar-refractivity contribution in [3.63, 3.8) is 0 Å². The van der Waals surface area contributed by atoms with Gasteiger partial charge in [-0.3, -0.25) is 0 Å². The van der Waals surface area contributed by atoms with E-state index in [9.17, 15) is 0 Å². The Hall–Kier alpha value is 0.790. The molecule has 0 fully saturated rings. The maximum atomic E-state index is 8.46. The number of hydrogen-bond acceptors (Lipinski definition) is 2. The van der Waals surface area contributed by atoms with Crippen molar-refractivity contribution in [3.8, 4) is 0 Å². The van der Waals surface area contributed by atoms with Gasteiger partial charge in [0.15, 0.2) is 0 Å². The van der Waals surface area contributed by atoms with Gasteiger partial charge in [0.25, 0.3) is 0 Å². The molecule has 0 aliphatic carbocycles. The molecule has 8 heavy (non-hydrogen) atoms. The summed E-state index contributed by atoms with van der Waals surface area (Å²) in [7, 11) is 0. The van der Waals surface area contributed by atoms with Gasteiger partial charge < -0.3 is 10.8 Å². The molecule has 0 spiro atoms. The molecule has 0 aliphatic rings. The number of aliphatic hydroxyl groups is 1. The van der Waals surface area contributed by atoms with Crippen molar-refractivity contribution >= 4 is 34.8 Å². The van der Waals surface area contributed by atoms with Crippen LogP contribution in [0.15, 0.2) is 0 Å². The molecule has 3 atom stereocenters. The van der Waals surface area contributed by atoms with Crippen LogP contribution in [0.5, 0.6) is 0 Å². The minimum atomic E-state index is -1.18. The second kappa shape index (κ2) is 3.75. The lowest BCUT2D eigenvalue weighted by molar-refractivity contribution is 0.248. The fraction of sp³-hybridized carbons (Fsp3) is 1.00. The van der Waals surface area contributed by atoms with Gasteiger partial charge in [0.05, 0.1) is 0 Å². The van der Waals surface area contributed by atoms with Crippen molar-refractivity contribution < 1.29 is 5.11 Å². The van der Waals surface area contributed by atoms with Crippen LogP contribution in [0.3, 0.4) is 0 Å². The molecule has 0 rings (SSSR count). The molecule has 0 aromatic carbocycles. The van der Waals surface area contributed by atoms with Gasteiger partial charge in [-0.1, -0.05) is 11.6 Å². The molecule has 0 heterocycles. The largest absolute Gasteiger partial charge is 0.376 e. The third-order valence-electron chi connectivity index (χ3n) is 0.567. The van der Waals surface area contributed by atoms with Crippen LogP contribution in [-0.4, -0.2) is 21.5 Å². The first-order chi connectivity index (χ1) is 3.55. The van der Waals surface area contributed by atoms with Crippen molar-refractivity contribution in [2.24, 2.45) is 5.73 Å². The van der Waals surface area contributed by atoms with Gasteiger partial charge in [-0.15, -0.1) is 23.2 Å². The standard InChI is InChI=1S/C3H6Cl3NO/c4-1(2(5)7)3(6)8/h1-3,8H,7H2. The molecule has 0 amide bonds. The molecule has 3 N–H and O–H groups in total. The minimum Gasteiger partial charge on any atom is -0.376 e. The van der Waals surface area contributed by atoms with Crippen LogP contribution in [0.1, 0.15) is 0 Å². The Morgan fingerprint density at radius 3 is 1.62 bits per heavy atom. The van der Waals surface area contributed by atoms with E-state index in [1.807, 2.05) is 0 Å². The maximum Gasteiger partial charge on any atom is 0.146 e. The highest BCUT2D eigenvalue weighted by molar-refractivity contribution is 6.34. The highest BCUT2D eigenvalue weighted by Crippen LogP contribution is 2.11. The second-order valence-electron chi connectivity index (χ2n) is 1.26. The summed E-state index contributed by atoms with van der Waals surface area (Å²) in [6, 6.07) is 0. The Morgan fingerprint density at radius 2 is 1.62 bits per heavy atom. The first-order valence-corrected chi connectivity index (χ1v) is 3.22. The van der Waals surface area contributed by atoms with E-state index in [2.05, 4.69) is 0 Å². The normalized spacial score (nSPS) is 22.1. The summed E-state index contributed by atoms with van der Waals surface area (Å²) in [6.45, 7) is 0. The van der Waals surface area contributed by atoms with Crippen LogP contribution in [0.4, 0.5) is 0 Å². The maximum absolute atomic E-state index is 8.46. The molecule has 0 aromatic rings.